The average molecular weight is 256 g/mol. The Morgan fingerprint density at radius 1 is 1.11 bits per heavy atom. The molecule has 5 heteroatoms. The number of benzene rings is 1. The van der Waals surface area contributed by atoms with Gasteiger partial charge in [-0.05, 0) is 43.3 Å². The van der Waals surface area contributed by atoms with Crippen molar-refractivity contribution in [2.75, 3.05) is 5.32 Å². The van der Waals surface area contributed by atoms with Gasteiger partial charge in [-0.15, -0.1) is 0 Å². The Morgan fingerprint density at radius 2 is 1.79 bits per heavy atom. The quantitative estimate of drug-likeness (QED) is 0.822. The van der Waals surface area contributed by atoms with Crippen molar-refractivity contribution in [1.82, 2.24) is 4.98 Å². The van der Waals surface area contributed by atoms with Crippen LogP contribution in [0.15, 0.2) is 47.4 Å². The van der Waals surface area contributed by atoms with Crippen molar-refractivity contribution < 1.29 is 9.59 Å². The molecule has 0 aliphatic heterocycles. The first-order chi connectivity index (χ1) is 9.08. The number of nitrogens with one attached hydrogen (secondary N) is 2. The molecule has 1 aromatic heterocycles. The molecular formula is C14H12N2O3. The van der Waals surface area contributed by atoms with Crippen LogP contribution in [0.2, 0.25) is 0 Å². The molecule has 0 spiro atoms. The third kappa shape index (κ3) is 2.95. The van der Waals surface area contributed by atoms with E-state index in [0.717, 1.165) is 0 Å². The molecule has 1 heterocycles. The van der Waals surface area contributed by atoms with Crippen molar-refractivity contribution in [3.63, 3.8) is 0 Å². The Bertz CT molecular complexity index is 672. The summed E-state index contributed by atoms with van der Waals surface area (Å²) in [6, 6.07) is 9.49. The van der Waals surface area contributed by atoms with Crippen LogP contribution < -0.4 is 10.9 Å². The fraction of sp³-hybridized carbons (Fsp3) is 0.0714. The first kappa shape index (κ1) is 12.8. The lowest BCUT2D eigenvalue weighted by molar-refractivity contribution is 0.101. The first-order valence-corrected chi connectivity index (χ1v) is 5.68. The van der Waals surface area contributed by atoms with E-state index in [2.05, 4.69) is 10.3 Å². The van der Waals surface area contributed by atoms with Gasteiger partial charge < -0.3 is 10.3 Å². The summed E-state index contributed by atoms with van der Waals surface area (Å²) in [5, 5.41) is 2.59. The molecule has 1 aromatic carbocycles. The number of H-pyrrole nitrogens is 1. The summed E-state index contributed by atoms with van der Waals surface area (Å²) < 4.78 is 0. The van der Waals surface area contributed by atoms with E-state index < -0.39 is 11.5 Å². The summed E-state index contributed by atoms with van der Waals surface area (Å²) in [6.45, 7) is 1.47. The maximum Gasteiger partial charge on any atom is 0.261 e. The van der Waals surface area contributed by atoms with Crippen molar-refractivity contribution in [3.05, 3.63) is 64.1 Å². The van der Waals surface area contributed by atoms with Crippen LogP contribution >= 0.6 is 0 Å². The molecule has 2 aromatic rings. The van der Waals surface area contributed by atoms with Crippen LogP contribution in [0.3, 0.4) is 0 Å². The number of aromatic amines is 1. The molecule has 0 saturated heterocycles. The molecule has 5 nitrogen and oxygen atoms in total. The predicted molar refractivity (Wildman–Crippen MR) is 71.5 cm³/mol. The van der Waals surface area contributed by atoms with Gasteiger partial charge in [-0.25, -0.2) is 0 Å². The fourth-order valence-electron chi connectivity index (χ4n) is 1.59. The summed E-state index contributed by atoms with van der Waals surface area (Å²) in [4.78, 5) is 36.8. The van der Waals surface area contributed by atoms with E-state index >= 15 is 0 Å². The van der Waals surface area contributed by atoms with Gasteiger partial charge in [0, 0.05) is 17.4 Å². The first-order valence-electron chi connectivity index (χ1n) is 5.68. The van der Waals surface area contributed by atoms with Crippen molar-refractivity contribution in [1.29, 1.82) is 0 Å². The topological polar surface area (TPSA) is 79.0 Å². The van der Waals surface area contributed by atoms with Crippen molar-refractivity contribution in [2.45, 2.75) is 6.92 Å². The second-order valence-electron chi connectivity index (χ2n) is 4.00. The molecule has 1 amide bonds. The van der Waals surface area contributed by atoms with E-state index in [9.17, 15) is 14.4 Å². The average Bonchev–Trinajstić information content (AvgIpc) is 2.39. The lowest BCUT2D eigenvalue weighted by atomic mass is 10.1. The Labute approximate surface area is 109 Å². The lowest BCUT2D eigenvalue weighted by Crippen LogP contribution is -2.22. The van der Waals surface area contributed by atoms with Crippen LogP contribution in [0.4, 0.5) is 5.69 Å². The van der Waals surface area contributed by atoms with Gasteiger partial charge in [0.05, 0.1) is 0 Å². The zero-order valence-corrected chi connectivity index (χ0v) is 10.3. The minimum absolute atomic E-state index is 0.0399. The lowest BCUT2D eigenvalue weighted by Gasteiger charge is -2.05. The largest absolute Gasteiger partial charge is 0.328 e. The molecule has 2 N–H and O–H groups in total. The van der Waals surface area contributed by atoms with E-state index in [0.29, 0.717) is 11.3 Å². The highest BCUT2D eigenvalue weighted by Gasteiger charge is 2.09. The molecule has 0 aliphatic rings. The number of anilines is 1. The van der Waals surface area contributed by atoms with Gasteiger partial charge >= 0.3 is 0 Å². The number of carbonyl (C=O) groups excluding carboxylic acids is 2. The number of ketones is 1. The number of carbonyl (C=O) groups is 2. The molecular weight excluding hydrogens is 244 g/mol. The van der Waals surface area contributed by atoms with E-state index in [1.807, 2.05) is 0 Å². The summed E-state index contributed by atoms with van der Waals surface area (Å²) in [7, 11) is 0. The van der Waals surface area contributed by atoms with Crippen LogP contribution in [0.25, 0.3) is 0 Å². The third-order valence-electron chi connectivity index (χ3n) is 2.61. The summed E-state index contributed by atoms with van der Waals surface area (Å²) >= 11 is 0. The number of rotatable bonds is 3. The van der Waals surface area contributed by atoms with E-state index in [1.165, 1.54) is 19.2 Å². The molecule has 0 radical (unpaired) electrons. The number of pyridine rings is 1. The predicted octanol–water partition coefficient (Wildman–Crippen LogP) is 1.83. The Hall–Kier alpha value is -2.69. The van der Waals surface area contributed by atoms with Gasteiger partial charge in [-0.2, -0.15) is 0 Å². The van der Waals surface area contributed by atoms with Crippen molar-refractivity contribution >= 4 is 17.4 Å². The molecule has 0 unspecified atom stereocenters. The minimum Gasteiger partial charge on any atom is -0.328 e. The van der Waals surface area contributed by atoms with Crippen molar-refractivity contribution in [2.24, 2.45) is 0 Å². The Balaban J connectivity index is 2.18. The Kier molecular flexibility index (Phi) is 3.56. The molecule has 0 saturated carbocycles. The number of aromatic nitrogens is 1. The Morgan fingerprint density at radius 3 is 2.37 bits per heavy atom. The smallest absolute Gasteiger partial charge is 0.261 e. The zero-order chi connectivity index (χ0) is 13.8. The van der Waals surface area contributed by atoms with E-state index in [-0.39, 0.29) is 11.3 Å². The normalized spacial score (nSPS) is 9.95. The van der Waals surface area contributed by atoms with Gasteiger partial charge in [0.25, 0.3) is 11.5 Å². The number of hydrogen-bond donors (Lipinski definition) is 2. The highest BCUT2D eigenvalue weighted by atomic mass is 16.2. The second-order valence-corrected chi connectivity index (χ2v) is 4.00. The maximum absolute atomic E-state index is 11.9. The van der Waals surface area contributed by atoms with Gasteiger partial charge in [0.1, 0.15) is 5.56 Å². The highest BCUT2D eigenvalue weighted by Crippen LogP contribution is 2.10. The third-order valence-corrected chi connectivity index (χ3v) is 2.61. The molecule has 0 fully saturated rings. The van der Waals surface area contributed by atoms with Gasteiger partial charge in [-0.1, -0.05) is 0 Å². The van der Waals surface area contributed by atoms with E-state index in [4.69, 9.17) is 0 Å². The van der Waals surface area contributed by atoms with E-state index in [1.54, 1.807) is 30.3 Å². The summed E-state index contributed by atoms with van der Waals surface area (Å²) in [5.41, 5.74) is 0.687. The standard InChI is InChI=1S/C14H12N2O3/c1-9(17)10-4-6-11(7-5-10)16-14(19)12-3-2-8-15-13(12)18/h2-8H,1H3,(H,15,18)(H,16,19). The fourth-order valence-corrected chi connectivity index (χ4v) is 1.59. The minimum atomic E-state index is -0.488. The van der Waals surface area contributed by atoms with Gasteiger partial charge in [0.2, 0.25) is 0 Å². The van der Waals surface area contributed by atoms with Gasteiger partial charge in [-0.3, -0.25) is 14.4 Å². The number of Topliss-reactive ketones (excluding diaryl/α,β-unsaturated/α-hetero) is 1. The molecule has 19 heavy (non-hydrogen) atoms. The van der Waals surface area contributed by atoms with Crippen LogP contribution in [-0.2, 0) is 0 Å². The SMILES string of the molecule is CC(=O)c1ccc(NC(=O)c2ccc[nH]c2=O)cc1. The van der Waals surface area contributed by atoms with Crippen LogP contribution in [0, 0.1) is 0 Å². The molecule has 0 aliphatic carbocycles. The maximum atomic E-state index is 11.9. The second kappa shape index (κ2) is 5.30. The van der Waals surface area contributed by atoms with Crippen LogP contribution in [-0.4, -0.2) is 16.7 Å². The molecule has 2 rings (SSSR count). The summed E-state index contributed by atoms with van der Waals surface area (Å²) in [6.07, 6.45) is 1.46. The number of amides is 1. The highest BCUT2D eigenvalue weighted by molar-refractivity contribution is 6.04. The number of hydrogen-bond acceptors (Lipinski definition) is 3. The summed E-state index contributed by atoms with van der Waals surface area (Å²) in [5.74, 6) is -0.533. The van der Waals surface area contributed by atoms with Crippen molar-refractivity contribution in [3.8, 4) is 0 Å². The zero-order valence-electron chi connectivity index (χ0n) is 10.3. The van der Waals surface area contributed by atoms with Gasteiger partial charge in [0.15, 0.2) is 5.78 Å². The van der Waals surface area contributed by atoms with Crippen LogP contribution in [0.1, 0.15) is 27.6 Å². The molecule has 0 bridgehead atoms. The molecule has 0 atom stereocenters. The molecule has 96 valence electrons. The monoisotopic (exact) mass is 256 g/mol. The van der Waals surface area contributed by atoms with Crippen LogP contribution in [0.5, 0.6) is 0 Å².